The lowest BCUT2D eigenvalue weighted by Gasteiger charge is -2.22. The number of pyridine rings is 1. The van der Waals surface area contributed by atoms with Gasteiger partial charge in [0.05, 0.1) is 0 Å². The van der Waals surface area contributed by atoms with Crippen LogP contribution in [-0.4, -0.2) is 53.9 Å². The number of likely N-dealkylation sites (tertiary alicyclic amines) is 1. The second-order valence-electron chi connectivity index (χ2n) is 5.19. The first kappa shape index (κ1) is 12.8. The number of rotatable bonds is 2. The maximum Gasteiger partial charge on any atom is 0.272 e. The van der Waals surface area contributed by atoms with Gasteiger partial charge in [0.1, 0.15) is 5.69 Å². The number of hydrogen-bond donors (Lipinski definition) is 1. The average Bonchev–Trinajstić information content (AvgIpc) is 2.70. The van der Waals surface area contributed by atoms with Crippen molar-refractivity contribution in [3.8, 4) is 0 Å². The van der Waals surface area contributed by atoms with Gasteiger partial charge in [-0.15, -0.1) is 0 Å². The van der Waals surface area contributed by atoms with Crippen molar-refractivity contribution >= 4 is 11.6 Å². The van der Waals surface area contributed by atoms with Crippen molar-refractivity contribution in [3.05, 3.63) is 24.0 Å². The molecule has 0 radical (unpaired) electrons. The summed E-state index contributed by atoms with van der Waals surface area (Å²) in [6.07, 6.45) is 1.57. The Bertz CT molecular complexity index is 446. The van der Waals surface area contributed by atoms with Gasteiger partial charge in [-0.25, -0.2) is 0 Å². The van der Waals surface area contributed by atoms with Crippen LogP contribution in [0.1, 0.15) is 17.4 Å². The summed E-state index contributed by atoms with van der Waals surface area (Å²) in [7, 11) is 4.10. The van der Waals surface area contributed by atoms with Crippen LogP contribution < -0.4 is 5.73 Å². The van der Waals surface area contributed by atoms with E-state index >= 15 is 0 Å². The molecule has 18 heavy (non-hydrogen) atoms. The Morgan fingerprint density at radius 2 is 2.22 bits per heavy atom. The van der Waals surface area contributed by atoms with Crippen LogP contribution >= 0.6 is 0 Å². The van der Waals surface area contributed by atoms with Gasteiger partial charge in [0.2, 0.25) is 0 Å². The molecule has 5 heteroatoms. The highest BCUT2D eigenvalue weighted by atomic mass is 16.2. The summed E-state index contributed by atoms with van der Waals surface area (Å²) in [5.74, 6) is 0.448. The molecule has 2 heterocycles. The van der Waals surface area contributed by atoms with E-state index in [1.807, 2.05) is 19.0 Å². The topological polar surface area (TPSA) is 62.5 Å². The van der Waals surface area contributed by atoms with Gasteiger partial charge in [0.15, 0.2) is 0 Å². The highest BCUT2D eigenvalue weighted by molar-refractivity contribution is 5.93. The number of carbonyl (C=O) groups is 1. The summed E-state index contributed by atoms with van der Waals surface area (Å²) in [5, 5.41) is 0. The van der Waals surface area contributed by atoms with Gasteiger partial charge in [0, 0.05) is 31.0 Å². The summed E-state index contributed by atoms with van der Waals surface area (Å²) in [6, 6.07) is 3.73. The Morgan fingerprint density at radius 1 is 1.50 bits per heavy atom. The third kappa shape index (κ3) is 2.46. The van der Waals surface area contributed by atoms with Gasteiger partial charge in [0.25, 0.3) is 5.91 Å². The molecule has 0 aliphatic carbocycles. The van der Waals surface area contributed by atoms with Gasteiger partial charge in [-0.2, -0.15) is 0 Å². The minimum atomic E-state index is -0.0292. The summed E-state index contributed by atoms with van der Waals surface area (Å²) in [4.78, 5) is 20.4. The van der Waals surface area contributed by atoms with E-state index in [1.54, 1.807) is 18.3 Å². The number of carbonyl (C=O) groups excluding carboxylic acids is 1. The van der Waals surface area contributed by atoms with Crippen molar-refractivity contribution in [1.82, 2.24) is 14.8 Å². The minimum Gasteiger partial charge on any atom is -0.399 e. The van der Waals surface area contributed by atoms with Crippen LogP contribution in [0.4, 0.5) is 5.69 Å². The Kier molecular flexibility index (Phi) is 3.52. The van der Waals surface area contributed by atoms with Crippen LogP contribution in [-0.2, 0) is 0 Å². The quantitative estimate of drug-likeness (QED) is 0.836. The fourth-order valence-corrected chi connectivity index (χ4v) is 2.51. The molecule has 0 bridgehead atoms. The van der Waals surface area contributed by atoms with Crippen LogP contribution in [0.5, 0.6) is 0 Å². The lowest BCUT2D eigenvalue weighted by atomic mass is 10.1. The Labute approximate surface area is 108 Å². The van der Waals surface area contributed by atoms with Gasteiger partial charge < -0.3 is 15.5 Å². The molecule has 2 atom stereocenters. The first-order valence-corrected chi connectivity index (χ1v) is 6.16. The van der Waals surface area contributed by atoms with Crippen molar-refractivity contribution in [2.45, 2.75) is 13.0 Å². The minimum absolute atomic E-state index is 0.0292. The van der Waals surface area contributed by atoms with E-state index in [-0.39, 0.29) is 5.91 Å². The molecule has 1 amide bonds. The van der Waals surface area contributed by atoms with E-state index in [0.29, 0.717) is 23.3 Å². The number of likely N-dealkylation sites (N-methyl/N-ethyl adjacent to an activating group) is 1. The van der Waals surface area contributed by atoms with Crippen LogP contribution in [0.25, 0.3) is 0 Å². The zero-order chi connectivity index (χ0) is 13.3. The largest absolute Gasteiger partial charge is 0.399 e. The smallest absolute Gasteiger partial charge is 0.272 e. The molecule has 0 spiro atoms. The van der Waals surface area contributed by atoms with Crippen molar-refractivity contribution in [1.29, 1.82) is 0 Å². The second-order valence-corrected chi connectivity index (χ2v) is 5.19. The number of nitrogens with two attached hydrogens (primary N) is 1. The van der Waals surface area contributed by atoms with Gasteiger partial charge in [-0.3, -0.25) is 9.78 Å². The molecule has 2 rings (SSSR count). The van der Waals surface area contributed by atoms with Crippen molar-refractivity contribution in [3.63, 3.8) is 0 Å². The van der Waals surface area contributed by atoms with E-state index in [2.05, 4.69) is 16.8 Å². The summed E-state index contributed by atoms with van der Waals surface area (Å²) >= 11 is 0. The third-order valence-corrected chi connectivity index (χ3v) is 3.53. The van der Waals surface area contributed by atoms with E-state index in [4.69, 9.17) is 5.73 Å². The van der Waals surface area contributed by atoms with Crippen molar-refractivity contribution in [2.75, 3.05) is 32.9 Å². The fraction of sp³-hybridized carbons (Fsp3) is 0.538. The molecular weight excluding hydrogens is 228 g/mol. The number of nitrogen functional groups attached to an aromatic ring is 1. The Morgan fingerprint density at radius 3 is 2.78 bits per heavy atom. The first-order chi connectivity index (χ1) is 8.49. The molecule has 0 saturated carbocycles. The predicted octanol–water partition coefficient (Wildman–Crippen LogP) is 0.686. The monoisotopic (exact) mass is 248 g/mol. The molecule has 1 aliphatic heterocycles. The van der Waals surface area contributed by atoms with Gasteiger partial charge >= 0.3 is 0 Å². The van der Waals surface area contributed by atoms with Crippen molar-refractivity contribution in [2.24, 2.45) is 5.92 Å². The first-order valence-electron chi connectivity index (χ1n) is 6.16. The molecule has 1 saturated heterocycles. The number of hydrogen-bond acceptors (Lipinski definition) is 4. The molecule has 2 unspecified atom stereocenters. The highest BCUT2D eigenvalue weighted by Crippen LogP contribution is 2.21. The maximum absolute atomic E-state index is 12.3. The molecule has 5 nitrogen and oxygen atoms in total. The normalized spacial score (nSPS) is 23.7. The summed E-state index contributed by atoms with van der Waals surface area (Å²) < 4.78 is 0. The standard InChI is InChI=1S/C13H20N4O/c1-9-7-17(8-12(9)16(2)3)13(18)11-6-10(14)4-5-15-11/h4-6,9,12H,7-8H2,1-3H3,(H2,14,15). The van der Waals surface area contributed by atoms with Crippen LogP contribution in [0, 0.1) is 5.92 Å². The van der Waals surface area contributed by atoms with Crippen molar-refractivity contribution < 1.29 is 4.79 Å². The van der Waals surface area contributed by atoms with Gasteiger partial charge in [-0.1, -0.05) is 6.92 Å². The van der Waals surface area contributed by atoms with Crippen LogP contribution in [0.15, 0.2) is 18.3 Å². The predicted molar refractivity (Wildman–Crippen MR) is 71.2 cm³/mol. The number of nitrogens with zero attached hydrogens (tertiary/aromatic N) is 3. The number of anilines is 1. The zero-order valence-corrected chi connectivity index (χ0v) is 11.1. The van der Waals surface area contributed by atoms with Gasteiger partial charge in [-0.05, 0) is 32.1 Å². The lowest BCUT2D eigenvalue weighted by molar-refractivity contribution is 0.0775. The number of amides is 1. The van der Waals surface area contributed by atoms with Crippen LogP contribution in [0.3, 0.4) is 0 Å². The number of aromatic nitrogens is 1. The van der Waals surface area contributed by atoms with E-state index in [1.165, 1.54) is 0 Å². The SMILES string of the molecule is CC1CN(C(=O)c2cc(N)ccn2)CC1N(C)C. The molecule has 2 N–H and O–H groups in total. The highest BCUT2D eigenvalue weighted by Gasteiger charge is 2.34. The molecular formula is C13H20N4O. The lowest BCUT2D eigenvalue weighted by Crippen LogP contribution is -2.36. The third-order valence-electron chi connectivity index (χ3n) is 3.53. The summed E-state index contributed by atoms with van der Waals surface area (Å²) in [6.45, 7) is 3.70. The average molecular weight is 248 g/mol. The van der Waals surface area contributed by atoms with E-state index in [9.17, 15) is 4.79 Å². The van der Waals surface area contributed by atoms with Crippen LogP contribution in [0.2, 0.25) is 0 Å². The Balaban J connectivity index is 2.12. The second kappa shape index (κ2) is 4.94. The Hall–Kier alpha value is -1.62. The molecule has 98 valence electrons. The molecule has 1 aliphatic rings. The molecule has 1 aromatic heterocycles. The maximum atomic E-state index is 12.3. The molecule has 1 aromatic rings. The van der Waals surface area contributed by atoms with E-state index < -0.39 is 0 Å². The fourth-order valence-electron chi connectivity index (χ4n) is 2.51. The van der Waals surface area contributed by atoms with E-state index in [0.717, 1.165) is 13.1 Å². The zero-order valence-electron chi connectivity index (χ0n) is 11.1. The molecule has 0 aromatic carbocycles. The summed E-state index contributed by atoms with van der Waals surface area (Å²) in [5.41, 5.74) is 6.68. The molecule has 1 fully saturated rings.